The Morgan fingerprint density at radius 1 is 1.20 bits per heavy atom. The number of aromatic carboxylic acids is 1. The summed E-state index contributed by atoms with van der Waals surface area (Å²) in [4.78, 5) is 23.3. The fraction of sp³-hybridized carbons (Fsp3) is 0.250. The molecule has 20 heavy (non-hydrogen) atoms. The van der Waals surface area contributed by atoms with Crippen molar-refractivity contribution in [3.05, 3.63) is 57.4 Å². The van der Waals surface area contributed by atoms with Crippen LogP contribution in [0.2, 0.25) is 0 Å². The lowest BCUT2D eigenvalue weighted by Gasteiger charge is -2.14. The Morgan fingerprint density at radius 2 is 1.90 bits per heavy atom. The van der Waals surface area contributed by atoms with Gasteiger partial charge in [-0.25, -0.2) is 4.79 Å². The standard InChI is InChI=1S/C16H17NO3/c1-4-17-14(8-7-12(15(17)18)16(19)20)13-9-10(2)5-6-11(13)3/h5-9H,4H2,1-3H3,(H,19,20). The first-order valence-corrected chi connectivity index (χ1v) is 6.50. The normalized spacial score (nSPS) is 10.6. The summed E-state index contributed by atoms with van der Waals surface area (Å²) in [6, 6.07) is 9.11. The van der Waals surface area contributed by atoms with Crippen LogP contribution in [-0.4, -0.2) is 15.6 Å². The number of benzene rings is 1. The van der Waals surface area contributed by atoms with Crippen LogP contribution in [0.15, 0.2) is 35.1 Å². The smallest absolute Gasteiger partial charge is 0.341 e. The maximum atomic E-state index is 12.2. The molecule has 0 amide bonds. The molecule has 4 heteroatoms. The van der Waals surface area contributed by atoms with E-state index in [1.165, 1.54) is 10.6 Å². The number of carboxylic acid groups (broad SMARTS) is 1. The Morgan fingerprint density at radius 3 is 2.50 bits per heavy atom. The summed E-state index contributed by atoms with van der Waals surface area (Å²) >= 11 is 0. The molecule has 1 N–H and O–H groups in total. The molecule has 1 heterocycles. The van der Waals surface area contributed by atoms with Gasteiger partial charge in [0.15, 0.2) is 0 Å². The van der Waals surface area contributed by atoms with E-state index in [2.05, 4.69) is 0 Å². The molecule has 104 valence electrons. The lowest BCUT2D eigenvalue weighted by Crippen LogP contribution is -2.27. The van der Waals surface area contributed by atoms with Gasteiger partial charge in [0.05, 0.1) is 5.69 Å². The molecule has 0 saturated heterocycles. The molecular formula is C16H17NO3. The average Bonchev–Trinajstić information content (AvgIpc) is 2.40. The molecule has 2 rings (SSSR count). The third-order valence-electron chi connectivity index (χ3n) is 3.39. The van der Waals surface area contributed by atoms with Crippen molar-refractivity contribution in [2.24, 2.45) is 0 Å². The number of nitrogens with zero attached hydrogens (tertiary/aromatic N) is 1. The maximum Gasteiger partial charge on any atom is 0.341 e. The van der Waals surface area contributed by atoms with E-state index in [4.69, 9.17) is 5.11 Å². The fourth-order valence-electron chi connectivity index (χ4n) is 2.30. The van der Waals surface area contributed by atoms with Crippen LogP contribution in [0.4, 0.5) is 0 Å². The number of pyridine rings is 1. The highest BCUT2D eigenvalue weighted by Crippen LogP contribution is 2.24. The van der Waals surface area contributed by atoms with Crippen LogP contribution >= 0.6 is 0 Å². The minimum atomic E-state index is -1.19. The predicted molar refractivity (Wildman–Crippen MR) is 78.2 cm³/mol. The van der Waals surface area contributed by atoms with Gasteiger partial charge in [0, 0.05) is 12.1 Å². The van der Waals surface area contributed by atoms with E-state index in [1.54, 1.807) is 6.07 Å². The molecule has 0 radical (unpaired) electrons. The number of carbonyl (C=O) groups is 1. The fourth-order valence-corrected chi connectivity index (χ4v) is 2.30. The quantitative estimate of drug-likeness (QED) is 0.933. The summed E-state index contributed by atoms with van der Waals surface area (Å²) in [6.45, 7) is 6.23. The van der Waals surface area contributed by atoms with Crippen LogP contribution in [0.1, 0.15) is 28.4 Å². The molecule has 0 atom stereocenters. The van der Waals surface area contributed by atoms with E-state index in [1.807, 2.05) is 39.0 Å². The average molecular weight is 271 g/mol. The summed E-state index contributed by atoms with van der Waals surface area (Å²) < 4.78 is 1.51. The monoisotopic (exact) mass is 271 g/mol. The highest BCUT2D eigenvalue weighted by Gasteiger charge is 2.15. The largest absolute Gasteiger partial charge is 0.477 e. The Balaban J connectivity index is 2.75. The van der Waals surface area contributed by atoms with Gasteiger partial charge in [0.25, 0.3) is 5.56 Å². The SMILES string of the molecule is CCn1c(-c2cc(C)ccc2C)ccc(C(=O)O)c1=O. The van der Waals surface area contributed by atoms with Gasteiger partial charge in [0.2, 0.25) is 0 Å². The van der Waals surface area contributed by atoms with E-state index >= 15 is 0 Å². The molecule has 0 saturated carbocycles. The number of rotatable bonds is 3. The Hall–Kier alpha value is -2.36. The molecule has 1 aromatic heterocycles. The molecule has 0 unspecified atom stereocenters. The van der Waals surface area contributed by atoms with Gasteiger partial charge in [-0.2, -0.15) is 0 Å². The lowest BCUT2D eigenvalue weighted by atomic mass is 10.0. The van der Waals surface area contributed by atoms with Crippen molar-refractivity contribution >= 4 is 5.97 Å². The maximum absolute atomic E-state index is 12.2. The summed E-state index contributed by atoms with van der Waals surface area (Å²) in [5.74, 6) is -1.19. The molecule has 4 nitrogen and oxygen atoms in total. The Labute approximate surface area is 117 Å². The van der Waals surface area contributed by atoms with Crippen LogP contribution in [0, 0.1) is 13.8 Å². The van der Waals surface area contributed by atoms with Gasteiger partial charge in [-0.15, -0.1) is 0 Å². The van der Waals surface area contributed by atoms with Crippen molar-refractivity contribution in [1.29, 1.82) is 0 Å². The molecular weight excluding hydrogens is 254 g/mol. The first-order chi connectivity index (χ1) is 9.45. The van der Waals surface area contributed by atoms with Crippen LogP contribution < -0.4 is 5.56 Å². The van der Waals surface area contributed by atoms with Gasteiger partial charge in [-0.05, 0) is 44.5 Å². The van der Waals surface area contributed by atoms with Gasteiger partial charge in [-0.3, -0.25) is 4.79 Å². The summed E-state index contributed by atoms with van der Waals surface area (Å²) in [5.41, 5.74) is 3.21. The van der Waals surface area contributed by atoms with Crippen molar-refractivity contribution < 1.29 is 9.90 Å². The zero-order chi connectivity index (χ0) is 14.9. The highest BCUT2D eigenvalue weighted by molar-refractivity contribution is 5.87. The number of aryl methyl sites for hydroxylation is 2. The van der Waals surface area contributed by atoms with Gasteiger partial charge in [0.1, 0.15) is 5.56 Å². The highest BCUT2D eigenvalue weighted by atomic mass is 16.4. The van der Waals surface area contributed by atoms with Crippen LogP contribution in [0.5, 0.6) is 0 Å². The summed E-state index contributed by atoms with van der Waals surface area (Å²) in [5, 5.41) is 9.03. The number of hydrogen-bond acceptors (Lipinski definition) is 2. The van der Waals surface area contributed by atoms with Gasteiger partial charge >= 0.3 is 5.97 Å². The van der Waals surface area contributed by atoms with E-state index in [9.17, 15) is 9.59 Å². The van der Waals surface area contributed by atoms with Crippen molar-refractivity contribution in [1.82, 2.24) is 4.57 Å². The van der Waals surface area contributed by atoms with Crippen LogP contribution in [0.25, 0.3) is 11.3 Å². The van der Waals surface area contributed by atoms with Crippen molar-refractivity contribution in [2.75, 3.05) is 0 Å². The number of hydrogen-bond donors (Lipinski definition) is 1. The van der Waals surface area contributed by atoms with E-state index < -0.39 is 11.5 Å². The zero-order valence-electron chi connectivity index (χ0n) is 11.8. The van der Waals surface area contributed by atoms with E-state index in [-0.39, 0.29) is 5.56 Å². The minimum Gasteiger partial charge on any atom is -0.477 e. The second kappa shape index (κ2) is 5.33. The molecule has 2 aromatic rings. The lowest BCUT2D eigenvalue weighted by molar-refractivity contribution is 0.0694. The topological polar surface area (TPSA) is 59.3 Å². The molecule has 0 spiro atoms. The second-order valence-corrected chi connectivity index (χ2v) is 4.81. The van der Waals surface area contributed by atoms with Crippen LogP contribution in [0.3, 0.4) is 0 Å². The van der Waals surface area contributed by atoms with E-state index in [0.717, 1.165) is 22.4 Å². The van der Waals surface area contributed by atoms with Crippen molar-refractivity contribution in [3.63, 3.8) is 0 Å². The first kappa shape index (κ1) is 14.1. The van der Waals surface area contributed by atoms with E-state index in [0.29, 0.717) is 6.54 Å². The number of carboxylic acids is 1. The number of aromatic nitrogens is 1. The van der Waals surface area contributed by atoms with Gasteiger partial charge in [-0.1, -0.05) is 17.7 Å². The molecule has 1 aromatic carbocycles. The Kier molecular flexibility index (Phi) is 3.74. The van der Waals surface area contributed by atoms with Gasteiger partial charge < -0.3 is 9.67 Å². The predicted octanol–water partition coefficient (Wildman–Crippen LogP) is 2.85. The molecule has 0 bridgehead atoms. The van der Waals surface area contributed by atoms with Crippen LogP contribution in [-0.2, 0) is 6.54 Å². The zero-order valence-corrected chi connectivity index (χ0v) is 11.8. The molecule has 0 fully saturated rings. The third-order valence-corrected chi connectivity index (χ3v) is 3.39. The second-order valence-electron chi connectivity index (χ2n) is 4.81. The molecule has 0 aliphatic rings. The third kappa shape index (κ3) is 2.37. The summed E-state index contributed by atoms with van der Waals surface area (Å²) in [6.07, 6.45) is 0. The summed E-state index contributed by atoms with van der Waals surface area (Å²) in [7, 11) is 0. The first-order valence-electron chi connectivity index (χ1n) is 6.50. The minimum absolute atomic E-state index is 0.194. The Bertz CT molecular complexity index is 729. The molecule has 0 aliphatic carbocycles. The van der Waals surface area contributed by atoms with Crippen molar-refractivity contribution in [3.8, 4) is 11.3 Å². The molecule has 0 aliphatic heterocycles. The van der Waals surface area contributed by atoms with Crippen molar-refractivity contribution in [2.45, 2.75) is 27.3 Å².